The molecule has 0 saturated heterocycles. The molecule has 4 heteroatoms. The maximum Gasteiger partial charge on any atom is 0.172 e. The van der Waals surface area contributed by atoms with Crippen molar-refractivity contribution in [3.05, 3.63) is 11.3 Å². The monoisotopic (exact) mass is 167 g/mol. The van der Waals surface area contributed by atoms with Crippen LogP contribution in [-0.4, -0.2) is 18.2 Å². The molecule has 1 aromatic rings. The van der Waals surface area contributed by atoms with Crippen LogP contribution in [0.3, 0.4) is 0 Å². The van der Waals surface area contributed by atoms with Crippen molar-refractivity contribution in [2.75, 3.05) is 18.4 Å². The van der Waals surface area contributed by atoms with Crippen molar-refractivity contribution in [2.45, 2.75) is 19.9 Å². The Kier molecular flexibility index (Phi) is 1.99. The minimum atomic E-state index is 0.813. The van der Waals surface area contributed by atoms with Crippen LogP contribution in [0, 0.1) is 0 Å². The van der Waals surface area contributed by atoms with Crippen LogP contribution in [0.1, 0.15) is 18.2 Å². The molecule has 2 heterocycles. The fourth-order valence-corrected chi connectivity index (χ4v) is 1.46. The molecule has 2 rings (SSSR count). The summed E-state index contributed by atoms with van der Waals surface area (Å²) >= 11 is 0. The van der Waals surface area contributed by atoms with Crippen molar-refractivity contribution in [3.8, 4) is 0 Å². The first-order chi connectivity index (χ1) is 5.92. The molecular formula is C8H13N3O. The van der Waals surface area contributed by atoms with Gasteiger partial charge in [-0.1, -0.05) is 5.16 Å². The summed E-state index contributed by atoms with van der Waals surface area (Å²) in [4.78, 5) is 0. The van der Waals surface area contributed by atoms with Crippen LogP contribution in [0.25, 0.3) is 0 Å². The Balaban J connectivity index is 2.25. The van der Waals surface area contributed by atoms with E-state index in [2.05, 4.69) is 22.7 Å². The number of aromatic nitrogens is 1. The minimum Gasteiger partial charge on any atom is -0.367 e. The van der Waals surface area contributed by atoms with E-state index in [0.29, 0.717) is 0 Å². The Hall–Kier alpha value is -1.03. The van der Waals surface area contributed by atoms with Gasteiger partial charge < -0.3 is 15.2 Å². The van der Waals surface area contributed by atoms with E-state index in [1.807, 2.05) is 0 Å². The van der Waals surface area contributed by atoms with E-state index < -0.39 is 0 Å². The highest BCUT2D eigenvalue weighted by Crippen LogP contribution is 2.21. The lowest BCUT2D eigenvalue weighted by Crippen LogP contribution is -2.22. The SMILES string of the molecule is CCNc1noc2c1CCNC2. The molecule has 0 spiro atoms. The molecule has 1 aliphatic rings. The van der Waals surface area contributed by atoms with E-state index in [4.69, 9.17) is 4.52 Å². The van der Waals surface area contributed by atoms with Gasteiger partial charge in [0.2, 0.25) is 0 Å². The molecule has 1 aliphatic heterocycles. The summed E-state index contributed by atoms with van der Waals surface area (Å²) in [7, 11) is 0. The zero-order valence-electron chi connectivity index (χ0n) is 7.18. The number of nitrogens with one attached hydrogen (secondary N) is 2. The number of rotatable bonds is 2. The van der Waals surface area contributed by atoms with E-state index in [9.17, 15) is 0 Å². The summed E-state index contributed by atoms with van der Waals surface area (Å²) in [6, 6.07) is 0. The average Bonchev–Trinajstić information content (AvgIpc) is 2.50. The number of hydrogen-bond donors (Lipinski definition) is 2. The van der Waals surface area contributed by atoms with E-state index in [-0.39, 0.29) is 0 Å². The molecule has 4 nitrogen and oxygen atoms in total. The Bertz CT molecular complexity index is 269. The third-order valence-corrected chi connectivity index (χ3v) is 2.05. The van der Waals surface area contributed by atoms with Crippen molar-refractivity contribution in [3.63, 3.8) is 0 Å². The van der Waals surface area contributed by atoms with E-state index in [1.54, 1.807) is 0 Å². The van der Waals surface area contributed by atoms with E-state index >= 15 is 0 Å². The summed E-state index contributed by atoms with van der Waals surface area (Å²) < 4.78 is 5.16. The third-order valence-electron chi connectivity index (χ3n) is 2.05. The van der Waals surface area contributed by atoms with Crippen LogP contribution < -0.4 is 10.6 Å². The topological polar surface area (TPSA) is 50.1 Å². The van der Waals surface area contributed by atoms with Crippen molar-refractivity contribution >= 4 is 5.82 Å². The molecular weight excluding hydrogens is 154 g/mol. The first kappa shape index (κ1) is 7.61. The molecule has 66 valence electrons. The summed E-state index contributed by atoms with van der Waals surface area (Å²) in [5.41, 5.74) is 1.25. The summed E-state index contributed by atoms with van der Waals surface area (Å²) in [6.45, 7) is 4.79. The third kappa shape index (κ3) is 1.18. The summed E-state index contributed by atoms with van der Waals surface area (Å²) in [6.07, 6.45) is 1.02. The fourth-order valence-electron chi connectivity index (χ4n) is 1.46. The largest absolute Gasteiger partial charge is 0.367 e. The van der Waals surface area contributed by atoms with Crippen LogP contribution in [0.2, 0.25) is 0 Å². The van der Waals surface area contributed by atoms with Gasteiger partial charge in [0.05, 0.1) is 6.54 Å². The van der Waals surface area contributed by atoms with Gasteiger partial charge in [0.25, 0.3) is 0 Å². The predicted molar refractivity (Wildman–Crippen MR) is 46.1 cm³/mol. The highest BCUT2D eigenvalue weighted by molar-refractivity contribution is 5.46. The van der Waals surface area contributed by atoms with Crippen LogP contribution in [-0.2, 0) is 13.0 Å². The van der Waals surface area contributed by atoms with Crippen molar-refractivity contribution < 1.29 is 4.52 Å². The Morgan fingerprint density at radius 3 is 3.42 bits per heavy atom. The molecule has 0 unspecified atom stereocenters. The number of fused-ring (bicyclic) bond motifs is 1. The fraction of sp³-hybridized carbons (Fsp3) is 0.625. The first-order valence-corrected chi connectivity index (χ1v) is 4.34. The molecule has 0 bridgehead atoms. The van der Waals surface area contributed by atoms with Gasteiger partial charge >= 0.3 is 0 Å². The maximum absolute atomic E-state index is 5.16. The molecule has 12 heavy (non-hydrogen) atoms. The summed E-state index contributed by atoms with van der Waals surface area (Å²) in [5.74, 6) is 1.91. The smallest absolute Gasteiger partial charge is 0.172 e. The van der Waals surface area contributed by atoms with Crippen molar-refractivity contribution in [1.29, 1.82) is 0 Å². The Morgan fingerprint density at radius 1 is 1.67 bits per heavy atom. The Labute approximate surface area is 71.3 Å². The maximum atomic E-state index is 5.16. The lowest BCUT2D eigenvalue weighted by Gasteiger charge is -2.10. The molecule has 0 saturated carbocycles. The lowest BCUT2D eigenvalue weighted by atomic mass is 10.1. The first-order valence-electron chi connectivity index (χ1n) is 4.34. The number of hydrogen-bond acceptors (Lipinski definition) is 4. The molecule has 0 radical (unpaired) electrons. The molecule has 0 atom stereocenters. The normalized spacial score (nSPS) is 15.8. The van der Waals surface area contributed by atoms with Crippen LogP contribution in [0.5, 0.6) is 0 Å². The van der Waals surface area contributed by atoms with Gasteiger partial charge in [0, 0.05) is 12.1 Å². The predicted octanol–water partition coefficient (Wildman–Crippen LogP) is 0.752. The van der Waals surface area contributed by atoms with Crippen molar-refractivity contribution in [2.24, 2.45) is 0 Å². The highest BCUT2D eigenvalue weighted by atomic mass is 16.5. The quantitative estimate of drug-likeness (QED) is 0.682. The second kappa shape index (κ2) is 3.15. The van der Waals surface area contributed by atoms with E-state index in [1.165, 1.54) is 5.56 Å². The highest BCUT2D eigenvalue weighted by Gasteiger charge is 2.17. The minimum absolute atomic E-state index is 0.813. The van der Waals surface area contributed by atoms with Crippen LogP contribution in [0.4, 0.5) is 5.82 Å². The molecule has 0 aromatic carbocycles. The van der Waals surface area contributed by atoms with Gasteiger partial charge in [0.1, 0.15) is 0 Å². The van der Waals surface area contributed by atoms with Gasteiger partial charge in [-0.25, -0.2) is 0 Å². The Morgan fingerprint density at radius 2 is 2.58 bits per heavy atom. The molecule has 0 fully saturated rings. The molecule has 1 aromatic heterocycles. The van der Waals surface area contributed by atoms with Crippen molar-refractivity contribution in [1.82, 2.24) is 10.5 Å². The van der Waals surface area contributed by atoms with Crippen LogP contribution >= 0.6 is 0 Å². The molecule has 2 N–H and O–H groups in total. The molecule has 0 aliphatic carbocycles. The van der Waals surface area contributed by atoms with E-state index in [0.717, 1.165) is 37.6 Å². The zero-order chi connectivity index (χ0) is 8.39. The standard InChI is InChI=1S/C8H13N3O/c1-2-10-8-6-3-4-9-5-7(6)12-11-8/h9H,2-5H2,1H3,(H,10,11). The lowest BCUT2D eigenvalue weighted by molar-refractivity contribution is 0.367. The van der Waals surface area contributed by atoms with Gasteiger partial charge in [-0.3, -0.25) is 0 Å². The second-order valence-corrected chi connectivity index (χ2v) is 2.89. The summed E-state index contributed by atoms with van der Waals surface area (Å²) in [5, 5.41) is 10.4. The van der Waals surface area contributed by atoms with Gasteiger partial charge in [-0.05, 0) is 19.9 Å². The average molecular weight is 167 g/mol. The number of nitrogens with zero attached hydrogens (tertiary/aromatic N) is 1. The molecule has 0 amide bonds. The van der Waals surface area contributed by atoms with Gasteiger partial charge in [0.15, 0.2) is 11.6 Å². The number of anilines is 1. The zero-order valence-corrected chi connectivity index (χ0v) is 7.18. The second-order valence-electron chi connectivity index (χ2n) is 2.89. The van der Waals surface area contributed by atoms with Crippen LogP contribution in [0.15, 0.2) is 4.52 Å². The van der Waals surface area contributed by atoms with Gasteiger partial charge in [-0.15, -0.1) is 0 Å². The van der Waals surface area contributed by atoms with Gasteiger partial charge in [-0.2, -0.15) is 0 Å².